The number of rotatable bonds is 13. The first-order valence-corrected chi connectivity index (χ1v) is 10.1. The second-order valence-electron chi connectivity index (χ2n) is 7.23. The van der Waals surface area contributed by atoms with Gasteiger partial charge in [-0.1, -0.05) is 78.1 Å². The Morgan fingerprint density at radius 2 is 1.43 bits per heavy atom. The molecule has 0 aromatic rings. The molecule has 0 saturated carbocycles. The van der Waals surface area contributed by atoms with Gasteiger partial charge in [-0.25, -0.2) is 0 Å². The first-order chi connectivity index (χ1) is 11.2. The minimum Gasteiger partial charge on any atom is -0.462 e. The molecule has 0 aliphatic carbocycles. The summed E-state index contributed by atoms with van der Waals surface area (Å²) in [4.78, 5) is 12.0. The molecule has 0 amide bonds. The normalized spacial score (nSPS) is 24.7. The fourth-order valence-electron chi connectivity index (χ4n) is 3.48. The van der Waals surface area contributed by atoms with Crippen molar-refractivity contribution in [1.29, 1.82) is 0 Å². The van der Waals surface area contributed by atoms with Gasteiger partial charge in [0.05, 0.1) is 12.0 Å². The van der Waals surface area contributed by atoms with Crippen LogP contribution >= 0.6 is 0 Å². The molecular formula is C20H38O3. The molecule has 3 heteroatoms. The average molecular weight is 327 g/mol. The summed E-state index contributed by atoms with van der Waals surface area (Å²) in [5.41, 5.74) is 0. The second-order valence-corrected chi connectivity index (χ2v) is 7.23. The first-order valence-electron chi connectivity index (χ1n) is 10.1. The standard InChI is InChI=1S/C20H38O3/c1-3-5-7-8-9-10-11-12-13-14-17-16-19(21)18(15-6-4-2)20(22)23-17/h17-19,21H,3-16H2,1-2H3/t17-,18+,19+/m1/s1. The van der Waals surface area contributed by atoms with E-state index in [2.05, 4.69) is 13.8 Å². The number of cyclic esters (lactones) is 1. The molecule has 1 N–H and O–H groups in total. The van der Waals surface area contributed by atoms with Gasteiger partial charge in [-0.05, 0) is 19.3 Å². The van der Waals surface area contributed by atoms with E-state index in [1.54, 1.807) is 0 Å². The molecule has 0 spiro atoms. The van der Waals surface area contributed by atoms with E-state index >= 15 is 0 Å². The highest BCUT2D eigenvalue weighted by Gasteiger charge is 2.36. The van der Waals surface area contributed by atoms with Crippen LogP contribution in [0.3, 0.4) is 0 Å². The zero-order valence-corrected chi connectivity index (χ0v) is 15.4. The minimum absolute atomic E-state index is 0.0556. The molecule has 3 atom stereocenters. The summed E-state index contributed by atoms with van der Waals surface area (Å²) in [6, 6.07) is 0. The minimum atomic E-state index is -0.494. The summed E-state index contributed by atoms with van der Waals surface area (Å²) in [6.45, 7) is 4.36. The number of carbonyl (C=O) groups is 1. The van der Waals surface area contributed by atoms with Gasteiger partial charge in [0.1, 0.15) is 6.10 Å². The molecule has 1 rings (SSSR count). The number of unbranched alkanes of at least 4 members (excludes halogenated alkanes) is 9. The third kappa shape index (κ3) is 8.74. The fourth-order valence-corrected chi connectivity index (χ4v) is 3.48. The van der Waals surface area contributed by atoms with Gasteiger partial charge in [-0.3, -0.25) is 4.79 Å². The van der Waals surface area contributed by atoms with E-state index in [1.807, 2.05) is 0 Å². The van der Waals surface area contributed by atoms with Crippen LogP contribution in [0.4, 0.5) is 0 Å². The summed E-state index contributed by atoms with van der Waals surface area (Å²) < 4.78 is 5.54. The largest absolute Gasteiger partial charge is 0.462 e. The predicted molar refractivity (Wildman–Crippen MR) is 95.4 cm³/mol. The molecule has 1 heterocycles. The van der Waals surface area contributed by atoms with Crippen LogP contribution in [0.15, 0.2) is 0 Å². The number of hydrogen-bond acceptors (Lipinski definition) is 3. The van der Waals surface area contributed by atoms with Crippen LogP contribution in [0.2, 0.25) is 0 Å². The maximum Gasteiger partial charge on any atom is 0.311 e. The van der Waals surface area contributed by atoms with Crippen molar-refractivity contribution in [3.8, 4) is 0 Å². The second kappa shape index (κ2) is 12.8. The summed E-state index contributed by atoms with van der Waals surface area (Å²) in [7, 11) is 0. The fraction of sp³-hybridized carbons (Fsp3) is 0.950. The number of esters is 1. The molecule has 1 saturated heterocycles. The van der Waals surface area contributed by atoms with Crippen LogP contribution < -0.4 is 0 Å². The summed E-state index contributed by atoms with van der Waals surface area (Å²) in [5, 5.41) is 10.2. The summed E-state index contributed by atoms with van der Waals surface area (Å²) in [5.74, 6) is -0.451. The first kappa shape index (κ1) is 20.5. The Balaban J connectivity index is 2.05. The van der Waals surface area contributed by atoms with Crippen molar-refractivity contribution in [3.05, 3.63) is 0 Å². The lowest BCUT2D eigenvalue weighted by Crippen LogP contribution is -2.41. The molecule has 23 heavy (non-hydrogen) atoms. The Hall–Kier alpha value is -0.570. The maximum absolute atomic E-state index is 12.0. The van der Waals surface area contributed by atoms with Crippen LogP contribution in [0.1, 0.15) is 104 Å². The van der Waals surface area contributed by atoms with E-state index in [9.17, 15) is 9.90 Å². The molecule has 0 unspecified atom stereocenters. The van der Waals surface area contributed by atoms with Gasteiger partial charge in [0, 0.05) is 6.42 Å². The van der Waals surface area contributed by atoms with Gasteiger partial charge in [-0.2, -0.15) is 0 Å². The van der Waals surface area contributed by atoms with E-state index in [0.717, 1.165) is 32.1 Å². The molecule has 1 aliphatic heterocycles. The van der Waals surface area contributed by atoms with Gasteiger partial charge < -0.3 is 9.84 Å². The zero-order valence-electron chi connectivity index (χ0n) is 15.4. The van der Waals surface area contributed by atoms with E-state index < -0.39 is 6.10 Å². The Bertz CT molecular complexity index is 303. The highest BCUT2D eigenvalue weighted by molar-refractivity contribution is 5.74. The molecule has 0 aromatic heterocycles. The molecule has 1 aliphatic rings. The van der Waals surface area contributed by atoms with Gasteiger partial charge in [-0.15, -0.1) is 0 Å². The van der Waals surface area contributed by atoms with E-state index in [0.29, 0.717) is 6.42 Å². The highest BCUT2D eigenvalue weighted by atomic mass is 16.5. The predicted octanol–water partition coefficient (Wildman–Crippen LogP) is 5.39. The van der Waals surface area contributed by atoms with Gasteiger partial charge in [0.2, 0.25) is 0 Å². The van der Waals surface area contributed by atoms with Crippen LogP contribution in [0.25, 0.3) is 0 Å². The molecule has 1 fully saturated rings. The van der Waals surface area contributed by atoms with Crippen molar-refractivity contribution < 1.29 is 14.6 Å². The van der Waals surface area contributed by atoms with Crippen molar-refractivity contribution in [2.45, 2.75) is 116 Å². The number of aliphatic hydroxyl groups is 1. The zero-order chi connectivity index (χ0) is 16.9. The van der Waals surface area contributed by atoms with E-state index in [-0.39, 0.29) is 18.0 Å². The SMILES string of the molecule is CCCCCCCCCCC[C@@H]1C[C@H](O)[C@H](CCCC)C(=O)O1. The molecular weight excluding hydrogens is 288 g/mol. The van der Waals surface area contributed by atoms with Crippen molar-refractivity contribution in [2.24, 2.45) is 5.92 Å². The molecule has 0 aromatic carbocycles. The molecule has 0 radical (unpaired) electrons. The highest BCUT2D eigenvalue weighted by Crippen LogP contribution is 2.27. The van der Waals surface area contributed by atoms with Gasteiger partial charge in [0.25, 0.3) is 0 Å². The molecule has 3 nitrogen and oxygen atoms in total. The van der Waals surface area contributed by atoms with Crippen molar-refractivity contribution >= 4 is 5.97 Å². The quantitative estimate of drug-likeness (QED) is 0.364. The van der Waals surface area contributed by atoms with E-state index in [4.69, 9.17) is 4.74 Å². The molecule has 136 valence electrons. The van der Waals surface area contributed by atoms with Crippen LogP contribution in [0, 0.1) is 5.92 Å². The molecule has 0 bridgehead atoms. The average Bonchev–Trinajstić information content (AvgIpc) is 2.52. The van der Waals surface area contributed by atoms with Gasteiger partial charge in [0.15, 0.2) is 0 Å². The third-order valence-corrected chi connectivity index (χ3v) is 5.05. The lowest BCUT2D eigenvalue weighted by atomic mass is 9.88. The smallest absolute Gasteiger partial charge is 0.311 e. The topological polar surface area (TPSA) is 46.5 Å². The summed E-state index contributed by atoms with van der Waals surface area (Å²) in [6.07, 6.45) is 15.5. The van der Waals surface area contributed by atoms with Crippen LogP contribution in [-0.4, -0.2) is 23.3 Å². The monoisotopic (exact) mass is 326 g/mol. The Labute approximate surface area is 143 Å². The maximum atomic E-state index is 12.0. The van der Waals surface area contributed by atoms with E-state index in [1.165, 1.54) is 51.4 Å². The lowest BCUT2D eigenvalue weighted by Gasteiger charge is -2.32. The van der Waals surface area contributed by atoms with Gasteiger partial charge >= 0.3 is 5.97 Å². The van der Waals surface area contributed by atoms with Crippen molar-refractivity contribution in [1.82, 2.24) is 0 Å². The lowest BCUT2D eigenvalue weighted by molar-refractivity contribution is -0.170. The van der Waals surface area contributed by atoms with Crippen molar-refractivity contribution in [3.63, 3.8) is 0 Å². The van der Waals surface area contributed by atoms with Crippen LogP contribution in [0.5, 0.6) is 0 Å². The Kier molecular flexibility index (Phi) is 11.4. The van der Waals surface area contributed by atoms with Crippen LogP contribution in [-0.2, 0) is 9.53 Å². The number of ether oxygens (including phenoxy) is 1. The summed E-state index contributed by atoms with van der Waals surface area (Å²) >= 11 is 0. The van der Waals surface area contributed by atoms with Crippen molar-refractivity contribution in [2.75, 3.05) is 0 Å². The number of hydrogen-bond donors (Lipinski definition) is 1. The number of aliphatic hydroxyl groups excluding tert-OH is 1. The Morgan fingerprint density at radius 1 is 0.870 bits per heavy atom. The third-order valence-electron chi connectivity index (χ3n) is 5.05. The number of carbonyl (C=O) groups excluding carboxylic acids is 1. The Morgan fingerprint density at radius 3 is 2.00 bits per heavy atom.